The first kappa shape index (κ1) is 13.1. The zero-order chi connectivity index (χ0) is 13.1. The van der Waals surface area contributed by atoms with Gasteiger partial charge in [-0.05, 0) is 25.3 Å². The van der Waals surface area contributed by atoms with Crippen molar-refractivity contribution in [2.45, 2.75) is 31.3 Å². The summed E-state index contributed by atoms with van der Waals surface area (Å²) in [6.07, 6.45) is 2.43. The summed E-state index contributed by atoms with van der Waals surface area (Å²) >= 11 is 0. The van der Waals surface area contributed by atoms with Crippen molar-refractivity contribution in [3.63, 3.8) is 0 Å². The molecule has 2 aliphatic rings. The van der Waals surface area contributed by atoms with E-state index >= 15 is 0 Å². The molecule has 2 saturated heterocycles. The molecule has 2 atom stereocenters. The molecule has 0 aliphatic carbocycles. The minimum atomic E-state index is 0.195. The summed E-state index contributed by atoms with van der Waals surface area (Å²) in [5.74, 6) is 0. The molecule has 2 fully saturated rings. The molecule has 3 rings (SSSR count). The van der Waals surface area contributed by atoms with Crippen molar-refractivity contribution in [1.82, 2.24) is 10.2 Å². The summed E-state index contributed by atoms with van der Waals surface area (Å²) in [5.41, 5.74) is 1.61. The van der Waals surface area contributed by atoms with Gasteiger partial charge in [0, 0.05) is 37.8 Å². The Kier molecular flexibility index (Phi) is 3.87. The predicted octanol–water partition coefficient (Wildman–Crippen LogP) is 2.20. The van der Waals surface area contributed by atoms with Gasteiger partial charge >= 0.3 is 0 Å². The van der Waals surface area contributed by atoms with Gasteiger partial charge in [-0.25, -0.2) is 0 Å². The Balaban J connectivity index is 1.84. The second-order valence-corrected chi connectivity index (χ2v) is 5.98. The SMILES string of the molecule is CC1(N2CCNCC2c2ccccc2)CCCOC1. The van der Waals surface area contributed by atoms with E-state index in [1.165, 1.54) is 18.4 Å². The Hall–Kier alpha value is -0.900. The third-order valence-corrected chi connectivity index (χ3v) is 4.54. The minimum Gasteiger partial charge on any atom is -0.380 e. The van der Waals surface area contributed by atoms with Gasteiger partial charge in [0.05, 0.1) is 6.61 Å². The lowest BCUT2D eigenvalue weighted by molar-refractivity contribution is -0.0655. The molecule has 2 aliphatic heterocycles. The van der Waals surface area contributed by atoms with Gasteiger partial charge in [0.15, 0.2) is 0 Å². The molecule has 1 aromatic rings. The first-order valence-electron chi connectivity index (χ1n) is 7.40. The van der Waals surface area contributed by atoms with Gasteiger partial charge in [-0.3, -0.25) is 4.90 Å². The van der Waals surface area contributed by atoms with Crippen molar-refractivity contribution in [3.05, 3.63) is 35.9 Å². The predicted molar refractivity (Wildman–Crippen MR) is 77.2 cm³/mol. The average molecular weight is 260 g/mol. The molecule has 0 saturated carbocycles. The Bertz CT molecular complexity index is 400. The van der Waals surface area contributed by atoms with Crippen LogP contribution in [0.3, 0.4) is 0 Å². The Morgan fingerprint density at radius 2 is 2.16 bits per heavy atom. The Morgan fingerprint density at radius 3 is 2.89 bits per heavy atom. The van der Waals surface area contributed by atoms with Gasteiger partial charge in [-0.15, -0.1) is 0 Å². The molecule has 0 radical (unpaired) electrons. The fourth-order valence-electron chi connectivity index (χ4n) is 3.47. The van der Waals surface area contributed by atoms with E-state index in [0.29, 0.717) is 6.04 Å². The number of ether oxygens (including phenoxy) is 1. The van der Waals surface area contributed by atoms with Crippen molar-refractivity contribution >= 4 is 0 Å². The summed E-state index contributed by atoms with van der Waals surface area (Å²) in [6.45, 7) is 7.40. The maximum absolute atomic E-state index is 5.76. The monoisotopic (exact) mass is 260 g/mol. The van der Waals surface area contributed by atoms with Crippen LogP contribution in [0.25, 0.3) is 0 Å². The fraction of sp³-hybridized carbons (Fsp3) is 0.625. The van der Waals surface area contributed by atoms with Gasteiger partial charge in [-0.2, -0.15) is 0 Å². The molecule has 0 bridgehead atoms. The van der Waals surface area contributed by atoms with Crippen molar-refractivity contribution < 1.29 is 4.74 Å². The molecule has 19 heavy (non-hydrogen) atoms. The van der Waals surface area contributed by atoms with Crippen molar-refractivity contribution in [2.75, 3.05) is 32.8 Å². The number of hydrogen-bond donors (Lipinski definition) is 1. The summed E-state index contributed by atoms with van der Waals surface area (Å²) in [4.78, 5) is 2.66. The number of rotatable bonds is 2. The third kappa shape index (κ3) is 2.69. The highest BCUT2D eigenvalue weighted by molar-refractivity contribution is 5.21. The zero-order valence-corrected chi connectivity index (χ0v) is 11.8. The van der Waals surface area contributed by atoms with E-state index in [2.05, 4.69) is 47.5 Å². The average Bonchev–Trinajstić information content (AvgIpc) is 2.49. The van der Waals surface area contributed by atoms with Crippen LogP contribution >= 0.6 is 0 Å². The highest BCUT2D eigenvalue weighted by Crippen LogP contribution is 2.34. The lowest BCUT2D eigenvalue weighted by atomic mass is 9.88. The van der Waals surface area contributed by atoms with Crippen molar-refractivity contribution in [3.8, 4) is 0 Å². The van der Waals surface area contributed by atoms with Crippen molar-refractivity contribution in [1.29, 1.82) is 0 Å². The number of benzene rings is 1. The number of nitrogens with one attached hydrogen (secondary N) is 1. The molecule has 1 aromatic carbocycles. The van der Waals surface area contributed by atoms with Gasteiger partial charge in [0.25, 0.3) is 0 Å². The van der Waals surface area contributed by atoms with E-state index in [4.69, 9.17) is 4.74 Å². The molecule has 1 N–H and O–H groups in total. The van der Waals surface area contributed by atoms with Gasteiger partial charge < -0.3 is 10.1 Å². The first-order valence-corrected chi connectivity index (χ1v) is 7.40. The number of hydrogen-bond acceptors (Lipinski definition) is 3. The summed E-state index contributed by atoms with van der Waals surface area (Å²) < 4.78 is 5.76. The van der Waals surface area contributed by atoms with E-state index in [-0.39, 0.29) is 5.54 Å². The smallest absolute Gasteiger partial charge is 0.0647 e. The Labute approximate surface area is 115 Å². The molecular weight excluding hydrogens is 236 g/mol. The molecule has 2 unspecified atom stereocenters. The highest BCUT2D eigenvalue weighted by atomic mass is 16.5. The molecule has 0 amide bonds. The topological polar surface area (TPSA) is 24.5 Å². The second-order valence-electron chi connectivity index (χ2n) is 5.98. The molecule has 0 spiro atoms. The maximum Gasteiger partial charge on any atom is 0.0647 e. The van der Waals surface area contributed by atoms with Gasteiger partial charge in [0.2, 0.25) is 0 Å². The van der Waals surface area contributed by atoms with Gasteiger partial charge in [0.1, 0.15) is 0 Å². The minimum absolute atomic E-state index is 0.195. The molecule has 2 heterocycles. The normalized spacial score (nSPS) is 33.2. The lowest BCUT2D eigenvalue weighted by Crippen LogP contribution is -2.59. The van der Waals surface area contributed by atoms with Crippen LogP contribution in [0.5, 0.6) is 0 Å². The number of nitrogens with zero attached hydrogens (tertiary/aromatic N) is 1. The van der Waals surface area contributed by atoms with Crippen LogP contribution in [0, 0.1) is 0 Å². The third-order valence-electron chi connectivity index (χ3n) is 4.54. The summed E-state index contributed by atoms with van der Waals surface area (Å²) in [7, 11) is 0. The van der Waals surface area contributed by atoms with Crippen LogP contribution in [0.4, 0.5) is 0 Å². The maximum atomic E-state index is 5.76. The van der Waals surface area contributed by atoms with Gasteiger partial charge in [-0.1, -0.05) is 30.3 Å². The quantitative estimate of drug-likeness (QED) is 0.882. The van der Waals surface area contributed by atoms with Crippen LogP contribution in [0.2, 0.25) is 0 Å². The lowest BCUT2D eigenvalue weighted by Gasteiger charge is -2.50. The van der Waals surface area contributed by atoms with Crippen LogP contribution in [0.1, 0.15) is 31.4 Å². The highest BCUT2D eigenvalue weighted by Gasteiger charge is 2.39. The molecule has 0 aromatic heterocycles. The molecule has 3 heteroatoms. The zero-order valence-electron chi connectivity index (χ0n) is 11.8. The van der Waals surface area contributed by atoms with Crippen molar-refractivity contribution in [2.24, 2.45) is 0 Å². The summed E-state index contributed by atoms with van der Waals surface area (Å²) in [5, 5.41) is 3.54. The van der Waals surface area contributed by atoms with Crippen LogP contribution in [-0.4, -0.2) is 43.3 Å². The standard InChI is InChI=1S/C16H24N2O/c1-16(8-5-11-19-13-16)18-10-9-17-12-15(18)14-6-3-2-4-7-14/h2-4,6-7,15,17H,5,8-13H2,1H3. The summed E-state index contributed by atoms with van der Waals surface area (Å²) in [6, 6.07) is 11.3. The van der Waals surface area contributed by atoms with E-state index in [1.54, 1.807) is 0 Å². The molecule has 3 nitrogen and oxygen atoms in total. The fourth-order valence-corrected chi connectivity index (χ4v) is 3.47. The van der Waals surface area contributed by atoms with Crippen LogP contribution in [-0.2, 0) is 4.74 Å². The van der Waals surface area contributed by atoms with E-state index in [1.807, 2.05) is 0 Å². The second kappa shape index (κ2) is 5.61. The van der Waals surface area contributed by atoms with E-state index in [0.717, 1.165) is 32.8 Å². The first-order chi connectivity index (χ1) is 9.30. The van der Waals surface area contributed by atoms with Crippen LogP contribution in [0.15, 0.2) is 30.3 Å². The molecule has 104 valence electrons. The molecular formula is C16H24N2O. The van der Waals surface area contributed by atoms with Crippen LogP contribution < -0.4 is 5.32 Å². The number of piperazine rings is 1. The van der Waals surface area contributed by atoms with E-state index in [9.17, 15) is 0 Å². The Morgan fingerprint density at radius 1 is 1.32 bits per heavy atom. The van der Waals surface area contributed by atoms with E-state index < -0.39 is 0 Å². The largest absolute Gasteiger partial charge is 0.380 e.